The lowest BCUT2D eigenvalue weighted by Crippen LogP contribution is -2.27. The number of hydrogen-bond donors (Lipinski definition) is 3. The van der Waals surface area contributed by atoms with E-state index in [0.717, 1.165) is 17.9 Å². The van der Waals surface area contributed by atoms with Gasteiger partial charge in [0, 0.05) is 25.6 Å². The van der Waals surface area contributed by atoms with Gasteiger partial charge in [-0.2, -0.15) is 5.10 Å². The zero-order valence-corrected chi connectivity index (χ0v) is 10.5. The molecule has 1 heterocycles. The molecule has 0 saturated heterocycles. The fourth-order valence-electron chi connectivity index (χ4n) is 1.45. The molecule has 0 radical (unpaired) electrons. The van der Waals surface area contributed by atoms with Crippen molar-refractivity contribution in [1.29, 1.82) is 0 Å². The molecule has 0 atom stereocenters. The third-order valence-electron chi connectivity index (χ3n) is 2.66. The highest BCUT2D eigenvalue weighted by Crippen LogP contribution is 2.24. The normalized spacial score (nSPS) is 11.8. The van der Waals surface area contributed by atoms with Crippen LogP contribution < -0.4 is 11.1 Å². The molecule has 1 aromatic rings. The Bertz CT molecular complexity index is 357. The Hall–Kier alpha value is -1.23. The fraction of sp³-hybridized carbons (Fsp3) is 0.727. The van der Waals surface area contributed by atoms with E-state index >= 15 is 0 Å². The van der Waals surface area contributed by atoms with Crippen molar-refractivity contribution >= 4 is 11.5 Å². The predicted molar refractivity (Wildman–Crippen MR) is 66.4 cm³/mol. The lowest BCUT2D eigenvalue weighted by Gasteiger charge is -2.22. The van der Waals surface area contributed by atoms with E-state index in [4.69, 9.17) is 10.8 Å². The third-order valence-corrected chi connectivity index (χ3v) is 2.66. The number of nitrogen functional groups attached to an aromatic ring is 1. The molecule has 0 fully saturated rings. The minimum Gasteiger partial charge on any atom is -0.396 e. The maximum Gasteiger partial charge on any atom is 0.147 e. The minimum atomic E-state index is -0.164. The van der Waals surface area contributed by atoms with Crippen molar-refractivity contribution in [2.75, 3.05) is 24.2 Å². The molecular weight excluding hydrogens is 204 g/mol. The number of anilines is 2. The molecule has 0 spiro atoms. The van der Waals surface area contributed by atoms with Crippen molar-refractivity contribution in [3.63, 3.8) is 0 Å². The molecule has 0 aliphatic rings. The highest BCUT2D eigenvalue weighted by molar-refractivity contribution is 5.65. The molecule has 92 valence electrons. The molecular formula is C11H22N4O. The highest BCUT2D eigenvalue weighted by Gasteiger charge is 2.18. The average molecular weight is 226 g/mol. The van der Waals surface area contributed by atoms with Crippen LogP contribution in [-0.4, -0.2) is 28.0 Å². The Morgan fingerprint density at radius 3 is 2.56 bits per heavy atom. The molecule has 4 N–H and O–H groups in total. The zero-order valence-electron chi connectivity index (χ0n) is 10.5. The number of aromatic nitrogens is 2. The minimum absolute atomic E-state index is 0.137. The molecule has 0 unspecified atom stereocenters. The van der Waals surface area contributed by atoms with Crippen LogP contribution in [0, 0.1) is 5.41 Å². The van der Waals surface area contributed by atoms with E-state index in [-0.39, 0.29) is 12.0 Å². The Kier molecular flexibility index (Phi) is 3.80. The zero-order chi connectivity index (χ0) is 12.3. The molecule has 0 aliphatic carbocycles. The number of aryl methyl sites for hydroxylation is 2. The molecule has 0 bridgehead atoms. The summed E-state index contributed by atoms with van der Waals surface area (Å²) >= 11 is 0. The van der Waals surface area contributed by atoms with Crippen molar-refractivity contribution in [2.24, 2.45) is 12.5 Å². The third kappa shape index (κ3) is 2.66. The first kappa shape index (κ1) is 12.8. The van der Waals surface area contributed by atoms with Gasteiger partial charge in [-0.1, -0.05) is 20.8 Å². The van der Waals surface area contributed by atoms with E-state index in [1.165, 1.54) is 0 Å². The average Bonchev–Trinajstić information content (AvgIpc) is 2.51. The van der Waals surface area contributed by atoms with Crippen LogP contribution in [0.15, 0.2) is 0 Å². The second-order valence-corrected chi connectivity index (χ2v) is 4.86. The van der Waals surface area contributed by atoms with Gasteiger partial charge in [0.1, 0.15) is 5.82 Å². The van der Waals surface area contributed by atoms with Crippen LogP contribution in [0.1, 0.15) is 26.5 Å². The van der Waals surface area contributed by atoms with Crippen LogP contribution in [0.2, 0.25) is 0 Å². The summed E-state index contributed by atoms with van der Waals surface area (Å²) in [7, 11) is 1.86. The van der Waals surface area contributed by atoms with Gasteiger partial charge in [-0.25, -0.2) is 0 Å². The smallest absolute Gasteiger partial charge is 0.147 e. The summed E-state index contributed by atoms with van der Waals surface area (Å²) in [6, 6.07) is 0. The van der Waals surface area contributed by atoms with Crippen molar-refractivity contribution in [1.82, 2.24) is 9.78 Å². The lowest BCUT2D eigenvalue weighted by atomic mass is 9.95. The van der Waals surface area contributed by atoms with E-state index in [1.807, 2.05) is 27.8 Å². The Morgan fingerprint density at radius 1 is 1.50 bits per heavy atom. The van der Waals surface area contributed by atoms with Gasteiger partial charge in [-0.3, -0.25) is 4.68 Å². The summed E-state index contributed by atoms with van der Waals surface area (Å²) in [6.45, 7) is 6.81. The summed E-state index contributed by atoms with van der Waals surface area (Å²) in [5.74, 6) is 0.832. The van der Waals surface area contributed by atoms with Crippen LogP contribution in [0.5, 0.6) is 0 Å². The van der Waals surface area contributed by atoms with Crippen LogP contribution in [0.4, 0.5) is 11.5 Å². The molecule has 0 aliphatic heterocycles. The van der Waals surface area contributed by atoms with Gasteiger partial charge in [0.25, 0.3) is 0 Å². The Labute approximate surface area is 96.6 Å². The number of aliphatic hydroxyl groups excluding tert-OH is 1. The van der Waals surface area contributed by atoms with Crippen molar-refractivity contribution < 1.29 is 5.11 Å². The molecule has 0 saturated carbocycles. The van der Waals surface area contributed by atoms with Crippen LogP contribution in [0.25, 0.3) is 0 Å². The summed E-state index contributed by atoms with van der Waals surface area (Å²) in [6.07, 6.45) is 0.824. The van der Waals surface area contributed by atoms with Gasteiger partial charge in [0.05, 0.1) is 11.4 Å². The second kappa shape index (κ2) is 4.74. The van der Waals surface area contributed by atoms with Crippen LogP contribution in [-0.2, 0) is 13.5 Å². The van der Waals surface area contributed by atoms with Gasteiger partial charge < -0.3 is 16.2 Å². The maximum absolute atomic E-state index is 9.17. The fourth-order valence-corrected chi connectivity index (χ4v) is 1.45. The maximum atomic E-state index is 9.17. The van der Waals surface area contributed by atoms with Crippen LogP contribution in [0.3, 0.4) is 0 Å². The Balaban J connectivity index is 2.78. The van der Waals surface area contributed by atoms with Crippen molar-refractivity contribution in [3.8, 4) is 0 Å². The highest BCUT2D eigenvalue weighted by atomic mass is 16.3. The first-order valence-electron chi connectivity index (χ1n) is 5.57. The van der Waals surface area contributed by atoms with E-state index in [9.17, 15) is 0 Å². The van der Waals surface area contributed by atoms with Crippen molar-refractivity contribution in [3.05, 3.63) is 5.69 Å². The lowest BCUT2D eigenvalue weighted by molar-refractivity contribution is 0.170. The number of aliphatic hydroxyl groups is 1. The first-order chi connectivity index (χ1) is 7.41. The van der Waals surface area contributed by atoms with Gasteiger partial charge in [-0.05, 0) is 6.42 Å². The van der Waals surface area contributed by atoms with Gasteiger partial charge in [0.15, 0.2) is 0 Å². The van der Waals surface area contributed by atoms with E-state index in [2.05, 4.69) is 10.4 Å². The van der Waals surface area contributed by atoms with E-state index in [0.29, 0.717) is 12.2 Å². The molecule has 0 aromatic carbocycles. The number of nitrogens with one attached hydrogen (secondary N) is 1. The standard InChI is InChI=1S/C11H22N4O/c1-5-8-9(12)10(15(4)14-8)13-6-11(2,3)7-16/h13,16H,5-7,12H2,1-4H3. The largest absolute Gasteiger partial charge is 0.396 e. The van der Waals surface area contributed by atoms with E-state index in [1.54, 1.807) is 4.68 Å². The molecule has 0 amide bonds. The van der Waals surface area contributed by atoms with Gasteiger partial charge in [-0.15, -0.1) is 0 Å². The van der Waals surface area contributed by atoms with Crippen molar-refractivity contribution in [2.45, 2.75) is 27.2 Å². The summed E-state index contributed by atoms with van der Waals surface area (Å²) in [5.41, 5.74) is 7.43. The molecule has 16 heavy (non-hydrogen) atoms. The summed E-state index contributed by atoms with van der Waals surface area (Å²) in [4.78, 5) is 0. The SMILES string of the molecule is CCc1nn(C)c(NCC(C)(C)CO)c1N. The Morgan fingerprint density at radius 2 is 2.12 bits per heavy atom. The molecule has 5 heteroatoms. The topological polar surface area (TPSA) is 76.1 Å². The summed E-state index contributed by atoms with van der Waals surface area (Å²) in [5, 5.41) is 16.7. The second-order valence-electron chi connectivity index (χ2n) is 4.86. The quantitative estimate of drug-likeness (QED) is 0.700. The van der Waals surface area contributed by atoms with Gasteiger partial charge in [0.2, 0.25) is 0 Å². The molecule has 1 rings (SSSR count). The predicted octanol–water partition coefficient (Wildman–Crippen LogP) is 0.995. The number of hydrogen-bond acceptors (Lipinski definition) is 4. The molecule has 1 aromatic heterocycles. The number of rotatable bonds is 5. The number of nitrogens with two attached hydrogens (primary N) is 1. The van der Waals surface area contributed by atoms with Crippen LogP contribution >= 0.6 is 0 Å². The van der Waals surface area contributed by atoms with Gasteiger partial charge >= 0.3 is 0 Å². The molecule has 5 nitrogen and oxygen atoms in total. The first-order valence-corrected chi connectivity index (χ1v) is 5.57. The monoisotopic (exact) mass is 226 g/mol. The number of nitrogens with zero attached hydrogens (tertiary/aromatic N) is 2. The van der Waals surface area contributed by atoms with E-state index < -0.39 is 0 Å². The summed E-state index contributed by atoms with van der Waals surface area (Å²) < 4.78 is 1.75.